The summed E-state index contributed by atoms with van der Waals surface area (Å²) >= 11 is 0. The average Bonchev–Trinajstić information content (AvgIpc) is 2.98. The number of para-hydroxylation sites is 1. The number of carbonyl (C=O) groups is 2. The number of aromatic nitrogens is 1. The molecule has 0 aliphatic carbocycles. The highest BCUT2D eigenvalue weighted by Crippen LogP contribution is 2.36. The first-order chi connectivity index (χ1) is 12.6. The van der Waals surface area contributed by atoms with Gasteiger partial charge in [-0.1, -0.05) is 24.3 Å². The van der Waals surface area contributed by atoms with Crippen molar-refractivity contribution >= 4 is 17.5 Å². The van der Waals surface area contributed by atoms with Gasteiger partial charge in [0.1, 0.15) is 11.2 Å². The van der Waals surface area contributed by atoms with Gasteiger partial charge in [0.25, 0.3) is 5.91 Å². The zero-order valence-electron chi connectivity index (χ0n) is 14.2. The van der Waals surface area contributed by atoms with Gasteiger partial charge < -0.3 is 15.1 Å². The van der Waals surface area contributed by atoms with Crippen LogP contribution in [-0.4, -0.2) is 47.0 Å². The molecule has 0 bridgehead atoms. The van der Waals surface area contributed by atoms with Gasteiger partial charge in [-0.05, 0) is 37.1 Å². The van der Waals surface area contributed by atoms with Crippen LogP contribution in [0, 0.1) is 5.95 Å². The standard InChI is InChI=1S/C19H19FN4O2/c20-16-8-4-7-15(22-16)17(25)23-11-9-19(10-12-23)18(26)21-13-24(19)14-5-2-1-3-6-14/h1-8H,9-13H2,(H,21,26). The molecular weight excluding hydrogens is 335 g/mol. The molecule has 2 aromatic rings. The molecule has 2 aliphatic heterocycles. The van der Waals surface area contributed by atoms with Gasteiger partial charge in [0, 0.05) is 18.8 Å². The number of nitrogens with one attached hydrogen (secondary N) is 1. The van der Waals surface area contributed by atoms with Crippen LogP contribution >= 0.6 is 0 Å². The summed E-state index contributed by atoms with van der Waals surface area (Å²) in [5.41, 5.74) is 0.433. The second-order valence-corrected chi connectivity index (χ2v) is 6.60. The molecule has 0 atom stereocenters. The van der Waals surface area contributed by atoms with Gasteiger partial charge >= 0.3 is 0 Å². The molecule has 2 fully saturated rings. The quantitative estimate of drug-likeness (QED) is 0.835. The minimum Gasteiger partial charge on any atom is -0.339 e. The highest BCUT2D eigenvalue weighted by atomic mass is 19.1. The van der Waals surface area contributed by atoms with Crippen molar-refractivity contribution in [3.63, 3.8) is 0 Å². The molecule has 2 amide bonds. The topological polar surface area (TPSA) is 65.5 Å². The van der Waals surface area contributed by atoms with Crippen LogP contribution in [0.15, 0.2) is 48.5 Å². The van der Waals surface area contributed by atoms with Crippen LogP contribution in [0.25, 0.3) is 0 Å². The molecule has 7 heteroatoms. The molecule has 26 heavy (non-hydrogen) atoms. The summed E-state index contributed by atoms with van der Waals surface area (Å²) < 4.78 is 13.3. The Labute approximate surface area is 150 Å². The lowest BCUT2D eigenvalue weighted by Gasteiger charge is -2.43. The summed E-state index contributed by atoms with van der Waals surface area (Å²) in [4.78, 5) is 32.6. The number of anilines is 1. The Balaban J connectivity index is 1.53. The number of piperidine rings is 1. The summed E-state index contributed by atoms with van der Waals surface area (Å²) in [5, 5.41) is 2.93. The third-order valence-corrected chi connectivity index (χ3v) is 5.22. The van der Waals surface area contributed by atoms with Gasteiger partial charge in [0.2, 0.25) is 11.9 Å². The number of benzene rings is 1. The van der Waals surface area contributed by atoms with Crippen molar-refractivity contribution < 1.29 is 14.0 Å². The number of pyridine rings is 1. The van der Waals surface area contributed by atoms with Crippen molar-refractivity contribution in [1.82, 2.24) is 15.2 Å². The Bertz CT molecular complexity index is 834. The Kier molecular flexibility index (Phi) is 4.06. The van der Waals surface area contributed by atoms with Crippen molar-refractivity contribution in [3.8, 4) is 0 Å². The Morgan fingerprint density at radius 1 is 1.08 bits per heavy atom. The number of halogens is 1. The van der Waals surface area contributed by atoms with E-state index in [0.29, 0.717) is 32.6 Å². The van der Waals surface area contributed by atoms with Gasteiger partial charge in [-0.25, -0.2) is 4.98 Å². The molecule has 0 saturated carbocycles. The van der Waals surface area contributed by atoms with Crippen LogP contribution in [0.4, 0.5) is 10.1 Å². The fourth-order valence-electron chi connectivity index (χ4n) is 3.80. The maximum Gasteiger partial charge on any atom is 0.272 e. The third kappa shape index (κ3) is 2.69. The van der Waals surface area contributed by atoms with Gasteiger partial charge in [-0.2, -0.15) is 4.39 Å². The van der Waals surface area contributed by atoms with E-state index in [1.165, 1.54) is 18.2 Å². The van der Waals surface area contributed by atoms with E-state index in [1.54, 1.807) is 4.90 Å². The second-order valence-electron chi connectivity index (χ2n) is 6.60. The summed E-state index contributed by atoms with van der Waals surface area (Å²) in [7, 11) is 0. The molecule has 3 heterocycles. The first-order valence-corrected chi connectivity index (χ1v) is 8.63. The van der Waals surface area contributed by atoms with Crippen molar-refractivity contribution in [2.75, 3.05) is 24.7 Å². The number of rotatable bonds is 2. The van der Waals surface area contributed by atoms with E-state index in [2.05, 4.69) is 15.2 Å². The van der Waals surface area contributed by atoms with Crippen LogP contribution < -0.4 is 10.2 Å². The zero-order valence-corrected chi connectivity index (χ0v) is 14.2. The highest BCUT2D eigenvalue weighted by molar-refractivity contribution is 5.95. The molecule has 1 aromatic carbocycles. The molecule has 134 valence electrons. The van der Waals surface area contributed by atoms with Crippen molar-refractivity contribution in [3.05, 3.63) is 60.2 Å². The molecule has 2 aliphatic rings. The molecule has 0 radical (unpaired) electrons. The number of nitrogens with zero attached hydrogens (tertiary/aromatic N) is 3. The number of carbonyl (C=O) groups excluding carboxylic acids is 2. The third-order valence-electron chi connectivity index (χ3n) is 5.22. The molecule has 0 unspecified atom stereocenters. The van der Waals surface area contributed by atoms with Crippen LogP contribution in [0.2, 0.25) is 0 Å². The highest BCUT2D eigenvalue weighted by Gasteiger charge is 2.50. The van der Waals surface area contributed by atoms with E-state index in [-0.39, 0.29) is 17.5 Å². The lowest BCUT2D eigenvalue weighted by Crippen LogP contribution is -2.57. The largest absolute Gasteiger partial charge is 0.339 e. The monoisotopic (exact) mass is 354 g/mol. The Morgan fingerprint density at radius 2 is 1.81 bits per heavy atom. The SMILES string of the molecule is O=C(c1cccc(F)n1)N1CCC2(CC1)C(=O)NCN2c1ccccc1. The molecule has 1 spiro atoms. The van der Waals surface area contributed by atoms with Crippen molar-refractivity contribution in [2.45, 2.75) is 18.4 Å². The predicted octanol–water partition coefficient (Wildman–Crippen LogP) is 1.79. The van der Waals surface area contributed by atoms with Crippen LogP contribution in [0.5, 0.6) is 0 Å². The normalized spacial score (nSPS) is 18.9. The molecule has 2 saturated heterocycles. The van der Waals surface area contributed by atoms with E-state index < -0.39 is 11.5 Å². The summed E-state index contributed by atoms with van der Waals surface area (Å²) in [6.07, 6.45) is 1.05. The number of hydrogen-bond donors (Lipinski definition) is 1. The molecular formula is C19H19FN4O2. The summed E-state index contributed by atoms with van der Waals surface area (Å²) in [6.45, 7) is 1.31. The van der Waals surface area contributed by atoms with Crippen molar-refractivity contribution in [2.24, 2.45) is 0 Å². The smallest absolute Gasteiger partial charge is 0.272 e. The second kappa shape index (κ2) is 6.40. The van der Waals surface area contributed by atoms with Gasteiger partial charge in [-0.3, -0.25) is 9.59 Å². The minimum absolute atomic E-state index is 0.00247. The van der Waals surface area contributed by atoms with Gasteiger partial charge in [0.15, 0.2) is 0 Å². The van der Waals surface area contributed by atoms with E-state index in [0.717, 1.165) is 5.69 Å². The predicted molar refractivity (Wildman–Crippen MR) is 94.0 cm³/mol. The summed E-state index contributed by atoms with van der Waals surface area (Å²) in [6, 6.07) is 14.0. The molecule has 1 N–H and O–H groups in total. The minimum atomic E-state index is -0.672. The lowest BCUT2D eigenvalue weighted by atomic mass is 9.85. The lowest BCUT2D eigenvalue weighted by molar-refractivity contribution is -0.124. The fraction of sp³-hybridized carbons (Fsp3) is 0.316. The van der Waals surface area contributed by atoms with Gasteiger partial charge in [-0.15, -0.1) is 0 Å². The molecule has 4 rings (SSSR count). The zero-order chi connectivity index (χ0) is 18.1. The molecule has 1 aromatic heterocycles. The Morgan fingerprint density at radius 3 is 2.50 bits per heavy atom. The van der Waals surface area contributed by atoms with Crippen LogP contribution in [0.3, 0.4) is 0 Å². The first kappa shape index (κ1) is 16.5. The van der Waals surface area contributed by atoms with E-state index in [9.17, 15) is 14.0 Å². The Hall–Kier alpha value is -2.96. The first-order valence-electron chi connectivity index (χ1n) is 8.63. The van der Waals surface area contributed by atoms with E-state index in [1.807, 2.05) is 30.3 Å². The van der Waals surface area contributed by atoms with E-state index >= 15 is 0 Å². The van der Waals surface area contributed by atoms with Crippen molar-refractivity contribution in [1.29, 1.82) is 0 Å². The van der Waals surface area contributed by atoms with Crippen LogP contribution in [-0.2, 0) is 4.79 Å². The van der Waals surface area contributed by atoms with Gasteiger partial charge in [0.05, 0.1) is 6.67 Å². The fourth-order valence-corrected chi connectivity index (χ4v) is 3.80. The average molecular weight is 354 g/mol. The van der Waals surface area contributed by atoms with Crippen LogP contribution in [0.1, 0.15) is 23.3 Å². The number of amides is 2. The number of hydrogen-bond acceptors (Lipinski definition) is 4. The maximum atomic E-state index is 13.3. The summed E-state index contributed by atoms with van der Waals surface area (Å²) in [5.74, 6) is -0.976. The maximum absolute atomic E-state index is 13.3. The number of likely N-dealkylation sites (tertiary alicyclic amines) is 1. The van der Waals surface area contributed by atoms with E-state index in [4.69, 9.17) is 0 Å². The molecule has 6 nitrogen and oxygen atoms in total.